The van der Waals surface area contributed by atoms with Gasteiger partial charge >= 0.3 is 0 Å². The van der Waals surface area contributed by atoms with Gasteiger partial charge in [-0.3, -0.25) is 0 Å². The molecule has 0 saturated heterocycles. The van der Waals surface area contributed by atoms with Crippen LogP contribution < -0.4 is 10.4 Å². The van der Waals surface area contributed by atoms with E-state index in [0.717, 1.165) is 33.5 Å². The third-order valence-corrected chi connectivity index (χ3v) is 4.89. The van der Waals surface area contributed by atoms with Crippen molar-refractivity contribution < 1.29 is 9.90 Å². The van der Waals surface area contributed by atoms with Gasteiger partial charge in [0.2, 0.25) is 0 Å². The highest BCUT2D eigenvalue weighted by molar-refractivity contribution is 5.84. The number of carboxylic acids is 1. The quantitative estimate of drug-likeness (QED) is 0.538. The summed E-state index contributed by atoms with van der Waals surface area (Å²) in [5.74, 6) is -1.01. The fourth-order valence-electron chi connectivity index (χ4n) is 3.36. The van der Waals surface area contributed by atoms with E-state index in [0.29, 0.717) is 12.2 Å². The molecule has 1 N–H and O–H groups in total. The minimum atomic E-state index is -1.06. The molecule has 0 spiro atoms. The first-order valence-electron chi connectivity index (χ1n) is 9.55. The van der Waals surface area contributed by atoms with E-state index in [-0.39, 0.29) is 0 Å². The molecule has 4 rings (SSSR count). The van der Waals surface area contributed by atoms with Crippen LogP contribution in [-0.4, -0.2) is 15.9 Å². The second kappa shape index (κ2) is 8.10. The predicted molar refractivity (Wildman–Crippen MR) is 113 cm³/mol. The largest absolute Gasteiger partial charge is 0.549 e. The van der Waals surface area contributed by atoms with Crippen LogP contribution in [0.25, 0.3) is 22.3 Å². The number of nitrogens with zero attached hydrogens (tertiary/aromatic N) is 2. The standard InChI is InChI=1S/C24H21N3O2/c1-2-19(24(28)29)16-12-14-18(15-13-16)25-23-22(17-8-4-3-5-9-17)26-20-10-6-7-11-21(20)27-23/h3-15,19H,2H2,1H3,(H,25,27)(H,28,29)/p-1. The van der Waals surface area contributed by atoms with Crippen molar-refractivity contribution in [2.24, 2.45) is 0 Å². The van der Waals surface area contributed by atoms with E-state index < -0.39 is 11.9 Å². The maximum atomic E-state index is 11.3. The number of anilines is 2. The van der Waals surface area contributed by atoms with Gasteiger partial charge in [0.15, 0.2) is 5.82 Å². The number of hydrogen-bond donors (Lipinski definition) is 1. The van der Waals surface area contributed by atoms with Crippen molar-refractivity contribution in [3.63, 3.8) is 0 Å². The molecular formula is C24H20N3O2-. The monoisotopic (exact) mass is 382 g/mol. The lowest BCUT2D eigenvalue weighted by molar-refractivity contribution is -0.308. The molecule has 0 radical (unpaired) electrons. The Labute approximate surface area is 169 Å². The number of carbonyl (C=O) groups excluding carboxylic acids is 1. The van der Waals surface area contributed by atoms with Crippen molar-refractivity contribution in [1.82, 2.24) is 9.97 Å². The molecule has 144 valence electrons. The number of nitrogens with one attached hydrogen (secondary N) is 1. The average molecular weight is 382 g/mol. The van der Waals surface area contributed by atoms with Crippen LogP contribution in [0.1, 0.15) is 24.8 Å². The third-order valence-electron chi connectivity index (χ3n) is 4.89. The number of aromatic nitrogens is 2. The summed E-state index contributed by atoms with van der Waals surface area (Å²) in [5.41, 5.74) is 4.89. The molecule has 1 heterocycles. The van der Waals surface area contributed by atoms with Crippen molar-refractivity contribution in [2.45, 2.75) is 19.3 Å². The minimum Gasteiger partial charge on any atom is -0.549 e. The molecule has 1 aromatic heterocycles. The maximum Gasteiger partial charge on any atom is 0.157 e. The van der Waals surface area contributed by atoms with Gasteiger partial charge in [-0.15, -0.1) is 0 Å². The zero-order valence-electron chi connectivity index (χ0n) is 16.0. The Morgan fingerprint density at radius 1 is 0.897 bits per heavy atom. The molecule has 29 heavy (non-hydrogen) atoms. The summed E-state index contributed by atoms with van der Waals surface area (Å²) in [6.07, 6.45) is 0.489. The Morgan fingerprint density at radius 3 is 2.14 bits per heavy atom. The lowest BCUT2D eigenvalue weighted by Crippen LogP contribution is -2.29. The summed E-state index contributed by atoms with van der Waals surface area (Å²) in [4.78, 5) is 20.9. The number of benzene rings is 3. The van der Waals surface area contributed by atoms with Crippen LogP contribution in [0, 0.1) is 0 Å². The fourth-order valence-corrected chi connectivity index (χ4v) is 3.36. The smallest absolute Gasteiger partial charge is 0.157 e. The molecule has 0 aliphatic heterocycles. The molecule has 5 nitrogen and oxygen atoms in total. The molecular weight excluding hydrogens is 362 g/mol. The summed E-state index contributed by atoms with van der Waals surface area (Å²) < 4.78 is 0. The van der Waals surface area contributed by atoms with Gasteiger partial charge in [-0.05, 0) is 36.2 Å². The molecule has 5 heteroatoms. The molecule has 0 bridgehead atoms. The molecule has 3 aromatic carbocycles. The number of para-hydroxylation sites is 2. The van der Waals surface area contributed by atoms with E-state index in [1.807, 2.05) is 85.8 Å². The summed E-state index contributed by atoms with van der Waals surface area (Å²) in [6, 6.07) is 25.0. The highest BCUT2D eigenvalue weighted by atomic mass is 16.4. The van der Waals surface area contributed by atoms with Crippen molar-refractivity contribution in [2.75, 3.05) is 5.32 Å². The number of rotatable bonds is 6. The van der Waals surface area contributed by atoms with Gasteiger partial charge in [-0.2, -0.15) is 0 Å². The molecule has 0 saturated carbocycles. The van der Waals surface area contributed by atoms with E-state index in [1.54, 1.807) is 0 Å². The highest BCUT2D eigenvalue weighted by Crippen LogP contribution is 2.30. The lowest BCUT2D eigenvalue weighted by atomic mass is 9.96. The number of fused-ring (bicyclic) bond motifs is 1. The van der Waals surface area contributed by atoms with E-state index in [9.17, 15) is 9.90 Å². The Kier molecular flexibility index (Phi) is 5.20. The van der Waals surface area contributed by atoms with Crippen molar-refractivity contribution in [3.8, 4) is 11.3 Å². The van der Waals surface area contributed by atoms with E-state index in [4.69, 9.17) is 9.97 Å². The van der Waals surface area contributed by atoms with Crippen LogP contribution in [0.15, 0.2) is 78.9 Å². The number of carboxylic acid groups (broad SMARTS) is 1. The molecule has 0 aliphatic rings. The van der Waals surface area contributed by atoms with Crippen LogP contribution >= 0.6 is 0 Å². The van der Waals surface area contributed by atoms with E-state index >= 15 is 0 Å². The van der Waals surface area contributed by atoms with Gasteiger partial charge in [0, 0.05) is 23.1 Å². The van der Waals surface area contributed by atoms with E-state index in [2.05, 4.69) is 5.32 Å². The van der Waals surface area contributed by atoms with Crippen LogP contribution in [0.3, 0.4) is 0 Å². The van der Waals surface area contributed by atoms with Gasteiger partial charge in [-0.25, -0.2) is 9.97 Å². The Hall–Kier alpha value is -3.73. The van der Waals surface area contributed by atoms with Gasteiger partial charge < -0.3 is 15.2 Å². The Balaban J connectivity index is 1.73. The second-order valence-electron chi connectivity index (χ2n) is 6.80. The predicted octanol–water partition coefficient (Wildman–Crippen LogP) is 4.28. The van der Waals surface area contributed by atoms with Gasteiger partial charge in [0.25, 0.3) is 0 Å². The Morgan fingerprint density at radius 2 is 1.52 bits per heavy atom. The van der Waals surface area contributed by atoms with Gasteiger partial charge in [0.05, 0.1) is 11.0 Å². The molecule has 1 atom stereocenters. The SMILES string of the molecule is CCC(C(=O)[O-])c1ccc(Nc2nc3ccccc3nc2-c2ccccc2)cc1. The number of carbonyl (C=O) groups is 1. The second-order valence-corrected chi connectivity index (χ2v) is 6.80. The van der Waals surface area contributed by atoms with Crippen LogP contribution in [0.5, 0.6) is 0 Å². The maximum absolute atomic E-state index is 11.3. The number of hydrogen-bond acceptors (Lipinski definition) is 5. The minimum absolute atomic E-state index is 0.489. The average Bonchev–Trinajstić information content (AvgIpc) is 2.75. The van der Waals surface area contributed by atoms with Crippen LogP contribution in [-0.2, 0) is 4.79 Å². The molecule has 0 amide bonds. The number of aliphatic carboxylic acids is 1. The van der Waals surface area contributed by atoms with E-state index in [1.165, 1.54) is 0 Å². The van der Waals surface area contributed by atoms with Crippen molar-refractivity contribution in [3.05, 3.63) is 84.4 Å². The summed E-state index contributed by atoms with van der Waals surface area (Å²) in [5, 5.41) is 14.6. The third kappa shape index (κ3) is 3.94. The normalized spacial score (nSPS) is 11.9. The van der Waals surface area contributed by atoms with Crippen molar-refractivity contribution in [1.29, 1.82) is 0 Å². The van der Waals surface area contributed by atoms with Gasteiger partial charge in [-0.1, -0.05) is 61.5 Å². The van der Waals surface area contributed by atoms with Crippen molar-refractivity contribution >= 4 is 28.5 Å². The highest BCUT2D eigenvalue weighted by Gasteiger charge is 2.13. The molecule has 1 unspecified atom stereocenters. The summed E-state index contributed by atoms with van der Waals surface area (Å²) in [6.45, 7) is 1.84. The lowest BCUT2D eigenvalue weighted by Gasteiger charge is -2.17. The Bertz CT molecular complexity index is 1140. The first kappa shape index (κ1) is 18.6. The first-order chi connectivity index (χ1) is 14.2. The van der Waals surface area contributed by atoms with Crippen LogP contribution in [0.2, 0.25) is 0 Å². The van der Waals surface area contributed by atoms with Gasteiger partial charge in [0.1, 0.15) is 5.69 Å². The molecule has 0 aliphatic carbocycles. The first-order valence-corrected chi connectivity index (χ1v) is 9.55. The summed E-state index contributed by atoms with van der Waals surface area (Å²) in [7, 11) is 0. The van der Waals surface area contributed by atoms with Crippen LogP contribution in [0.4, 0.5) is 11.5 Å². The zero-order valence-corrected chi connectivity index (χ0v) is 16.0. The molecule has 0 fully saturated rings. The fraction of sp³-hybridized carbons (Fsp3) is 0.125. The zero-order chi connectivity index (χ0) is 20.2. The molecule has 4 aromatic rings. The summed E-state index contributed by atoms with van der Waals surface area (Å²) >= 11 is 0. The topological polar surface area (TPSA) is 77.9 Å².